The Morgan fingerprint density at radius 2 is 2.04 bits per heavy atom. The zero-order valence-electron chi connectivity index (χ0n) is 15.3. The highest BCUT2D eigenvalue weighted by Gasteiger charge is 2.25. The number of amides is 3. The number of rotatable bonds is 8. The van der Waals surface area contributed by atoms with Crippen LogP contribution in [0.25, 0.3) is 0 Å². The van der Waals surface area contributed by atoms with Crippen molar-refractivity contribution in [2.45, 2.75) is 38.8 Å². The van der Waals surface area contributed by atoms with Crippen molar-refractivity contribution in [1.82, 2.24) is 20.4 Å². The Bertz CT molecular complexity index is 544. The van der Waals surface area contributed by atoms with Crippen LogP contribution in [0.15, 0.2) is 30.3 Å². The van der Waals surface area contributed by atoms with Gasteiger partial charge in [0.1, 0.15) is 0 Å². The first kappa shape index (κ1) is 19.2. The summed E-state index contributed by atoms with van der Waals surface area (Å²) in [7, 11) is 1.76. The van der Waals surface area contributed by atoms with Gasteiger partial charge in [-0.15, -0.1) is 0 Å². The maximum Gasteiger partial charge on any atom is 0.317 e. The number of benzene rings is 1. The van der Waals surface area contributed by atoms with Crippen LogP contribution >= 0.6 is 0 Å². The number of urea groups is 1. The van der Waals surface area contributed by atoms with Crippen molar-refractivity contribution in [3.05, 3.63) is 35.9 Å². The molecule has 2 N–H and O–H groups in total. The van der Waals surface area contributed by atoms with Crippen molar-refractivity contribution < 1.29 is 9.59 Å². The summed E-state index contributed by atoms with van der Waals surface area (Å²) in [4.78, 5) is 28.3. The van der Waals surface area contributed by atoms with E-state index < -0.39 is 0 Å². The molecule has 0 radical (unpaired) electrons. The van der Waals surface area contributed by atoms with E-state index in [1.807, 2.05) is 35.2 Å². The van der Waals surface area contributed by atoms with Crippen molar-refractivity contribution in [3.8, 4) is 0 Å². The predicted octanol–water partition coefficient (Wildman–Crippen LogP) is 1.82. The molecule has 0 saturated carbocycles. The van der Waals surface area contributed by atoms with Crippen LogP contribution in [0.3, 0.4) is 0 Å². The highest BCUT2D eigenvalue weighted by Crippen LogP contribution is 2.11. The summed E-state index contributed by atoms with van der Waals surface area (Å²) >= 11 is 0. The minimum atomic E-state index is -0.152. The van der Waals surface area contributed by atoms with Gasteiger partial charge in [0.05, 0.1) is 0 Å². The van der Waals surface area contributed by atoms with Gasteiger partial charge in [-0.05, 0) is 24.9 Å². The van der Waals surface area contributed by atoms with Crippen LogP contribution in [0.1, 0.15) is 31.7 Å². The van der Waals surface area contributed by atoms with E-state index in [0.29, 0.717) is 25.6 Å². The van der Waals surface area contributed by atoms with E-state index in [9.17, 15) is 9.59 Å². The summed E-state index contributed by atoms with van der Waals surface area (Å²) in [6, 6.07) is 10.00. The summed E-state index contributed by atoms with van der Waals surface area (Å²) in [6.07, 6.45) is 2.31. The fourth-order valence-corrected chi connectivity index (χ4v) is 3.14. The van der Waals surface area contributed by atoms with E-state index in [2.05, 4.69) is 17.6 Å². The lowest BCUT2D eigenvalue weighted by Gasteiger charge is -2.28. The molecule has 1 fully saturated rings. The van der Waals surface area contributed by atoms with E-state index in [-0.39, 0.29) is 11.9 Å². The van der Waals surface area contributed by atoms with Gasteiger partial charge in [0.2, 0.25) is 5.91 Å². The fourth-order valence-electron chi connectivity index (χ4n) is 3.14. The summed E-state index contributed by atoms with van der Waals surface area (Å²) in [5.41, 5.74) is 1.08. The third-order valence-electron chi connectivity index (χ3n) is 4.48. The van der Waals surface area contributed by atoms with Crippen LogP contribution in [0.5, 0.6) is 0 Å². The summed E-state index contributed by atoms with van der Waals surface area (Å²) in [5.74, 6) is 0.126. The van der Waals surface area contributed by atoms with Crippen molar-refractivity contribution in [1.29, 1.82) is 0 Å². The van der Waals surface area contributed by atoms with Crippen LogP contribution in [0, 0.1) is 0 Å². The third-order valence-corrected chi connectivity index (χ3v) is 4.48. The monoisotopic (exact) mass is 346 g/mol. The number of nitrogens with one attached hydrogen (secondary N) is 2. The molecule has 0 bridgehead atoms. The van der Waals surface area contributed by atoms with Crippen LogP contribution < -0.4 is 10.6 Å². The third kappa shape index (κ3) is 6.05. The zero-order valence-corrected chi connectivity index (χ0v) is 15.3. The maximum atomic E-state index is 12.5. The van der Waals surface area contributed by atoms with Gasteiger partial charge in [-0.25, -0.2) is 4.79 Å². The molecule has 1 saturated heterocycles. The van der Waals surface area contributed by atoms with E-state index in [4.69, 9.17) is 0 Å². The lowest BCUT2D eigenvalue weighted by atomic mass is 10.2. The highest BCUT2D eigenvalue weighted by molar-refractivity contribution is 5.78. The van der Waals surface area contributed by atoms with Gasteiger partial charge < -0.3 is 20.4 Å². The molecule has 25 heavy (non-hydrogen) atoms. The standard InChI is InChI=1S/C19H30N4O2/c1-3-13-23(17-9-11-20-14-17)18(24)10-12-21-19(25)22(2)15-16-7-5-4-6-8-16/h4-8,17,20H,3,9-15H2,1-2H3,(H,21,25). The van der Waals surface area contributed by atoms with Gasteiger partial charge >= 0.3 is 6.03 Å². The molecule has 1 atom stereocenters. The first-order chi connectivity index (χ1) is 12.1. The quantitative estimate of drug-likeness (QED) is 0.755. The SMILES string of the molecule is CCCN(C(=O)CCNC(=O)N(C)Cc1ccccc1)C1CCNC1. The second-order valence-electron chi connectivity index (χ2n) is 6.56. The largest absolute Gasteiger partial charge is 0.338 e. The van der Waals surface area contributed by atoms with Crippen molar-refractivity contribution in [2.75, 3.05) is 33.2 Å². The molecule has 1 aliphatic heterocycles. The van der Waals surface area contributed by atoms with Gasteiger partial charge in [0, 0.05) is 45.7 Å². The zero-order chi connectivity index (χ0) is 18.1. The number of nitrogens with zero attached hydrogens (tertiary/aromatic N) is 2. The predicted molar refractivity (Wildman–Crippen MR) is 99.2 cm³/mol. The molecule has 0 spiro atoms. The Hall–Kier alpha value is -2.08. The number of carbonyl (C=O) groups excluding carboxylic acids is 2. The number of hydrogen-bond donors (Lipinski definition) is 2. The molecular weight excluding hydrogens is 316 g/mol. The molecule has 3 amide bonds. The first-order valence-electron chi connectivity index (χ1n) is 9.15. The fraction of sp³-hybridized carbons (Fsp3) is 0.579. The van der Waals surface area contributed by atoms with E-state index in [1.54, 1.807) is 11.9 Å². The second kappa shape index (κ2) is 10.0. The van der Waals surface area contributed by atoms with E-state index in [0.717, 1.165) is 38.0 Å². The molecule has 6 nitrogen and oxygen atoms in total. The molecule has 1 aromatic rings. The van der Waals surface area contributed by atoms with E-state index >= 15 is 0 Å². The lowest BCUT2D eigenvalue weighted by Crippen LogP contribution is -2.44. The van der Waals surface area contributed by atoms with E-state index in [1.165, 1.54) is 0 Å². The normalized spacial score (nSPS) is 16.5. The average molecular weight is 346 g/mol. The van der Waals surface area contributed by atoms with Crippen LogP contribution in [-0.4, -0.2) is 61.0 Å². The summed E-state index contributed by atoms with van der Waals surface area (Å²) in [5, 5.41) is 6.15. The van der Waals surface area contributed by atoms with Crippen molar-refractivity contribution in [2.24, 2.45) is 0 Å². The Kier molecular flexibility index (Phi) is 7.73. The Labute approximate surface area is 150 Å². The second-order valence-corrected chi connectivity index (χ2v) is 6.56. The smallest absolute Gasteiger partial charge is 0.317 e. The van der Waals surface area contributed by atoms with Gasteiger partial charge in [-0.2, -0.15) is 0 Å². The topological polar surface area (TPSA) is 64.7 Å². The lowest BCUT2D eigenvalue weighted by molar-refractivity contribution is -0.133. The Morgan fingerprint density at radius 3 is 2.68 bits per heavy atom. The molecular formula is C19H30N4O2. The highest BCUT2D eigenvalue weighted by atomic mass is 16.2. The van der Waals surface area contributed by atoms with Gasteiger partial charge in [-0.3, -0.25) is 4.79 Å². The molecule has 0 aromatic heterocycles. The molecule has 1 unspecified atom stereocenters. The van der Waals surface area contributed by atoms with Gasteiger partial charge in [-0.1, -0.05) is 37.3 Å². The summed E-state index contributed by atoms with van der Waals surface area (Å²) in [6.45, 7) is 5.64. The van der Waals surface area contributed by atoms with Gasteiger partial charge in [0.15, 0.2) is 0 Å². The molecule has 1 heterocycles. The molecule has 0 aliphatic carbocycles. The number of carbonyl (C=O) groups is 2. The van der Waals surface area contributed by atoms with Gasteiger partial charge in [0.25, 0.3) is 0 Å². The van der Waals surface area contributed by atoms with Crippen molar-refractivity contribution >= 4 is 11.9 Å². The number of hydrogen-bond acceptors (Lipinski definition) is 3. The molecule has 2 rings (SSSR count). The molecule has 6 heteroatoms. The van der Waals surface area contributed by atoms with Crippen LogP contribution in [0.4, 0.5) is 4.79 Å². The molecule has 1 aromatic carbocycles. The van der Waals surface area contributed by atoms with Crippen molar-refractivity contribution in [3.63, 3.8) is 0 Å². The minimum absolute atomic E-state index is 0.126. The molecule has 138 valence electrons. The Morgan fingerprint density at radius 1 is 1.28 bits per heavy atom. The first-order valence-corrected chi connectivity index (χ1v) is 9.15. The summed E-state index contributed by atoms with van der Waals surface area (Å²) < 4.78 is 0. The van der Waals surface area contributed by atoms with Crippen LogP contribution in [0.2, 0.25) is 0 Å². The molecule has 1 aliphatic rings. The minimum Gasteiger partial charge on any atom is -0.338 e. The van der Waals surface area contributed by atoms with Crippen LogP contribution in [-0.2, 0) is 11.3 Å². The average Bonchev–Trinajstić information content (AvgIpc) is 3.14. The Balaban J connectivity index is 1.74. The maximum absolute atomic E-state index is 12.5.